The van der Waals surface area contributed by atoms with E-state index in [0.717, 1.165) is 0 Å². The van der Waals surface area contributed by atoms with Crippen molar-refractivity contribution in [2.24, 2.45) is 0 Å². The third kappa shape index (κ3) is 69.4. The first-order chi connectivity index (χ1) is 2.00. The first-order valence-corrected chi connectivity index (χ1v) is 2.19. The number of hydrogen-bond acceptors (Lipinski definition) is 4. The zero-order chi connectivity index (χ0) is 4.50. The molecule has 4 nitrogen and oxygen atoms in total. The summed E-state index contributed by atoms with van der Waals surface area (Å²) >= 11 is 0. The van der Waals surface area contributed by atoms with Gasteiger partial charge in [-0.1, -0.05) is 0 Å². The fourth-order valence-electron chi connectivity index (χ4n) is 0. The maximum atomic E-state index is 8.55. The predicted octanol–water partition coefficient (Wildman–Crippen LogP) is -3.21. The summed E-state index contributed by atoms with van der Waals surface area (Å²) in [5.74, 6) is 0. The Labute approximate surface area is 84.7 Å². The van der Waals surface area contributed by atoms with Crippen LogP contribution >= 0.6 is 7.82 Å². The Morgan fingerprint density at radius 3 is 1.14 bits per heavy atom. The Bertz CT molecular complexity index is 57.8. The van der Waals surface area contributed by atoms with Crippen LogP contribution in [0.25, 0.3) is 0 Å². The fraction of sp³-hybridized carbons (Fsp3) is 0. The summed E-state index contributed by atoms with van der Waals surface area (Å²) in [5, 5.41) is 0. The SMILES string of the molecule is O=P([O-])([O-])[O-].[La+3].[Mg+2]. The van der Waals surface area contributed by atoms with Crippen LogP contribution in [0.2, 0.25) is 0 Å². The Kier molecular flexibility index (Phi) is 14.2. The Balaban J connectivity index is -0.0000000800. The van der Waals surface area contributed by atoms with Crippen molar-refractivity contribution in [1.82, 2.24) is 0 Å². The van der Waals surface area contributed by atoms with Crippen LogP contribution < -0.4 is 14.7 Å². The van der Waals surface area contributed by atoms with E-state index in [-0.39, 0.29) is 58.7 Å². The molecule has 0 aromatic heterocycles. The van der Waals surface area contributed by atoms with E-state index in [0.29, 0.717) is 0 Å². The molecular weight excluding hydrogens is 258 g/mol. The summed E-state index contributed by atoms with van der Waals surface area (Å²) in [4.78, 5) is 25.6. The molecular formula is LaMgO4P+2. The Morgan fingerprint density at radius 2 is 1.14 bits per heavy atom. The van der Waals surface area contributed by atoms with Gasteiger partial charge in [0.1, 0.15) is 0 Å². The fourth-order valence-corrected chi connectivity index (χ4v) is 0. The van der Waals surface area contributed by atoms with Gasteiger partial charge in [0, 0.05) is 0 Å². The van der Waals surface area contributed by atoms with Crippen molar-refractivity contribution in [2.45, 2.75) is 0 Å². The number of phosphoric acid groups is 1. The van der Waals surface area contributed by atoms with E-state index in [2.05, 4.69) is 0 Å². The molecule has 0 aromatic carbocycles. The summed E-state index contributed by atoms with van der Waals surface area (Å²) in [6, 6.07) is 0. The molecule has 0 aromatic rings. The molecule has 7 heteroatoms. The maximum Gasteiger partial charge on any atom is 3.00 e. The van der Waals surface area contributed by atoms with E-state index >= 15 is 0 Å². The van der Waals surface area contributed by atoms with Crippen LogP contribution in [0.1, 0.15) is 0 Å². The standard InChI is InChI=1S/La.Mg.H3O4P/c;;1-5(2,3)4/h;;(H3,1,2,3,4)/q+3;+2;/p-3. The van der Waals surface area contributed by atoms with Gasteiger partial charge in [-0.3, -0.25) is 0 Å². The largest absolute Gasteiger partial charge is 3.00 e. The quantitative estimate of drug-likeness (QED) is 0.338. The average Bonchev–Trinajstić information content (AvgIpc) is 0.722. The van der Waals surface area contributed by atoms with Gasteiger partial charge >= 0.3 is 58.7 Å². The minimum Gasteiger partial charge on any atom is -0.822 e. The molecule has 0 radical (unpaired) electrons. The van der Waals surface area contributed by atoms with Crippen molar-refractivity contribution in [3.05, 3.63) is 0 Å². The zero-order valence-corrected chi connectivity index (χ0v) is 9.30. The topological polar surface area (TPSA) is 86.2 Å². The molecule has 0 saturated heterocycles. The van der Waals surface area contributed by atoms with Crippen molar-refractivity contribution in [1.29, 1.82) is 0 Å². The molecule has 32 valence electrons. The first kappa shape index (κ1) is 16.0. The Morgan fingerprint density at radius 1 is 1.14 bits per heavy atom. The van der Waals surface area contributed by atoms with Crippen LogP contribution in [0.15, 0.2) is 0 Å². The van der Waals surface area contributed by atoms with Crippen molar-refractivity contribution in [3.8, 4) is 0 Å². The van der Waals surface area contributed by atoms with Crippen LogP contribution in [0.5, 0.6) is 0 Å². The van der Waals surface area contributed by atoms with E-state index in [1.807, 2.05) is 0 Å². The molecule has 0 heterocycles. The molecule has 0 amide bonds. The minimum atomic E-state index is -5.39. The Hall–Kier alpha value is 2.07. The monoisotopic (exact) mass is 258 g/mol. The van der Waals surface area contributed by atoms with Crippen LogP contribution in [-0.4, -0.2) is 23.1 Å². The molecule has 0 rings (SSSR count). The summed E-state index contributed by atoms with van der Waals surface area (Å²) in [6.07, 6.45) is 0. The van der Waals surface area contributed by atoms with Gasteiger partial charge in [-0.05, 0) is 0 Å². The smallest absolute Gasteiger partial charge is 0.822 e. The van der Waals surface area contributed by atoms with E-state index in [1.165, 1.54) is 0 Å². The van der Waals surface area contributed by atoms with Gasteiger partial charge < -0.3 is 19.2 Å². The van der Waals surface area contributed by atoms with Gasteiger partial charge in [0.2, 0.25) is 0 Å². The molecule has 0 N–H and O–H groups in total. The van der Waals surface area contributed by atoms with Crippen LogP contribution in [0.3, 0.4) is 0 Å². The molecule has 0 fully saturated rings. The molecule has 0 atom stereocenters. The first-order valence-electron chi connectivity index (χ1n) is 0.730. The molecule has 0 unspecified atom stereocenters. The minimum absolute atomic E-state index is 0. The molecule has 0 aliphatic heterocycles. The maximum absolute atomic E-state index is 8.55. The predicted molar refractivity (Wildman–Crippen MR) is 13.4 cm³/mol. The number of hydrogen-bond donors (Lipinski definition) is 0. The van der Waals surface area contributed by atoms with Crippen LogP contribution in [0.4, 0.5) is 0 Å². The molecule has 0 spiro atoms. The van der Waals surface area contributed by atoms with Crippen molar-refractivity contribution in [2.75, 3.05) is 0 Å². The van der Waals surface area contributed by atoms with Gasteiger partial charge in [-0.25, -0.2) is 0 Å². The van der Waals surface area contributed by atoms with Crippen molar-refractivity contribution in [3.63, 3.8) is 0 Å². The molecule has 7 heavy (non-hydrogen) atoms. The summed E-state index contributed by atoms with van der Waals surface area (Å²) in [5.41, 5.74) is 0. The second-order valence-corrected chi connectivity index (χ2v) is 1.34. The van der Waals surface area contributed by atoms with Gasteiger partial charge in [0.15, 0.2) is 0 Å². The average molecular weight is 258 g/mol. The van der Waals surface area contributed by atoms with Gasteiger partial charge in [0.25, 0.3) is 0 Å². The zero-order valence-electron chi connectivity index (χ0n) is 3.36. The van der Waals surface area contributed by atoms with E-state index in [1.54, 1.807) is 0 Å². The van der Waals surface area contributed by atoms with E-state index < -0.39 is 7.82 Å². The number of rotatable bonds is 0. The summed E-state index contributed by atoms with van der Waals surface area (Å²) in [6.45, 7) is 0. The third-order valence-electron chi connectivity index (χ3n) is 0. The summed E-state index contributed by atoms with van der Waals surface area (Å²) < 4.78 is 8.55. The van der Waals surface area contributed by atoms with Crippen LogP contribution in [0, 0.1) is 35.6 Å². The normalized spacial score (nSPS) is 8.43. The molecule has 0 aliphatic carbocycles. The van der Waals surface area contributed by atoms with Crippen molar-refractivity contribution < 1.29 is 54.8 Å². The second kappa shape index (κ2) is 6.19. The summed E-state index contributed by atoms with van der Waals surface area (Å²) in [7, 11) is -5.39. The van der Waals surface area contributed by atoms with E-state index in [4.69, 9.17) is 19.2 Å². The van der Waals surface area contributed by atoms with Gasteiger partial charge in [0.05, 0.1) is 0 Å². The molecule has 0 bridgehead atoms. The van der Waals surface area contributed by atoms with Gasteiger partial charge in [-0.15, -0.1) is 0 Å². The van der Waals surface area contributed by atoms with Crippen LogP contribution in [-0.2, 0) is 4.57 Å². The third-order valence-corrected chi connectivity index (χ3v) is 0. The van der Waals surface area contributed by atoms with E-state index in [9.17, 15) is 0 Å². The second-order valence-electron chi connectivity index (χ2n) is 0.447. The molecule has 0 saturated carbocycles. The van der Waals surface area contributed by atoms with Crippen molar-refractivity contribution >= 4 is 30.9 Å². The van der Waals surface area contributed by atoms with Gasteiger partial charge in [-0.2, -0.15) is 7.82 Å². The molecule has 0 aliphatic rings.